The van der Waals surface area contributed by atoms with Gasteiger partial charge in [0.2, 0.25) is 0 Å². The topological polar surface area (TPSA) is 72.8 Å². The van der Waals surface area contributed by atoms with Crippen LogP contribution >= 0.6 is 15.9 Å². The van der Waals surface area contributed by atoms with Crippen LogP contribution in [0.1, 0.15) is 25.5 Å². The number of hydrogen-bond acceptors (Lipinski definition) is 5. The molecule has 5 nitrogen and oxygen atoms in total. The van der Waals surface area contributed by atoms with E-state index in [2.05, 4.69) is 15.9 Å². The molecule has 0 fully saturated rings. The van der Waals surface area contributed by atoms with Crippen molar-refractivity contribution in [3.8, 4) is 11.5 Å². The van der Waals surface area contributed by atoms with Gasteiger partial charge in [0.25, 0.3) is 0 Å². The van der Waals surface area contributed by atoms with E-state index < -0.39 is 18.0 Å². The van der Waals surface area contributed by atoms with Crippen LogP contribution in [0, 0.1) is 0 Å². The summed E-state index contributed by atoms with van der Waals surface area (Å²) in [6.07, 6.45) is -0.949. The Morgan fingerprint density at radius 2 is 1.67 bits per heavy atom. The predicted molar refractivity (Wildman–Crippen MR) is 67.8 cm³/mol. The molecule has 0 saturated carbocycles. The zero-order valence-electron chi connectivity index (χ0n) is 9.97. The number of halogens is 1. The van der Waals surface area contributed by atoms with Crippen molar-refractivity contribution < 1.29 is 24.2 Å². The first kappa shape index (κ1) is 14.7. The van der Waals surface area contributed by atoms with Gasteiger partial charge in [-0.1, -0.05) is 22.0 Å². The molecule has 0 amide bonds. The number of alkyl halides is 1. The lowest BCUT2D eigenvalue weighted by molar-refractivity contribution is -0.132. The molecule has 98 valence electrons. The third-order valence-corrected chi connectivity index (χ3v) is 2.63. The van der Waals surface area contributed by atoms with Gasteiger partial charge in [0.15, 0.2) is 0 Å². The van der Waals surface area contributed by atoms with Crippen molar-refractivity contribution in [3.05, 3.63) is 23.8 Å². The van der Waals surface area contributed by atoms with Gasteiger partial charge >= 0.3 is 11.9 Å². The molecule has 0 aromatic heterocycles. The number of esters is 2. The van der Waals surface area contributed by atoms with Crippen molar-refractivity contribution in [3.63, 3.8) is 0 Å². The van der Waals surface area contributed by atoms with Crippen LogP contribution in [-0.2, 0) is 9.59 Å². The number of ether oxygens (including phenoxy) is 2. The molecule has 1 N–H and O–H groups in total. The first-order valence-electron chi connectivity index (χ1n) is 5.19. The third kappa shape index (κ3) is 3.82. The highest BCUT2D eigenvalue weighted by atomic mass is 79.9. The van der Waals surface area contributed by atoms with E-state index >= 15 is 0 Å². The second-order valence-corrected chi connectivity index (χ2v) is 4.17. The average Bonchev–Trinajstić information content (AvgIpc) is 2.27. The molecule has 0 aliphatic heterocycles. The Bertz CT molecular complexity index is 424. The van der Waals surface area contributed by atoms with Gasteiger partial charge in [0.05, 0.1) is 11.7 Å². The van der Waals surface area contributed by atoms with E-state index in [9.17, 15) is 14.7 Å². The number of carbonyl (C=O) groups is 2. The van der Waals surface area contributed by atoms with Crippen molar-refractivity contribution in [2.45, 2.75) is 20.0 Å². The summed E-state index contributed by atoms with van der Waals surface area (Å²) in [6.45, 7) is 2.51. The first-order chi connectivity index (χ1) is 8.45. The zero-order chi connectivity index (χ0) is 13.7. The SMILES string of the molecule is CC(=O)Oc1cccc(OC(C)=O)c1C(O)CBr. The number of hydrogen-bond donors (Lipinski definition) is 1. The minimum atomic E-state index is -0.949. The van der Waals surface area contributed by atoms with E-state index in [1.165, 1.54) is 26.0 Å². The highest BCUT2D eigenvalue weighted by Crippen LogP contribution is 2.35. The largest absolute Gasteiger partial charge is 0.426 e. The predicted octanol–water partition coefficient (Wildman–Crippen LogP) is 1.97. The molecule has 1 atom stereocenters. The molecule has 6 heteroatoms. The fourth-order valence-electron chi connectivity index (χ4n) is 1.42. The molecule has 1 rings (SSSR count). The van der Waals surface area contributed by atoms with Gasteiger partial charge in [0.1, 0.15) is 11.5 Å². The van der Waals surface area contributed by atoms with Crippen LogP contribution in [0.3, 0.4) is 0 Å². The number of aliphatic hydroxyl groups is 1. The van der Waals surface area contributed by atoms with Crippen LogP contribution in [0.2, 0.25) is 0 Å². The van der Waals surface area contributed by atoms with E-state index in [0.717, 1.165) is 0 Å². The minimum Gasteiger partial charge on any atom is -0.426 e. The van der Waals surface area contributed by atoms with E-state index in [1.807, 2.05) is 0 Å². The molecule has 0 radical (unpaired) electrons. The van der Waals surface area contributed by atoms with Gasteiger partial charge in [-0.05, 0) is 12.1 Å². The lowest BCUT2D eigenvalue weighted by Crippen LogP contribution is -2.11. The standard InChI is InChI=1S/C12H13BrO5/c1-7(14)17-10-4-3-5-11(18-8(2)15)12(10)9(16)6-13/h3-5,9,16H,6H2,1-2H3. The monoisotopic (exact) mass is 316 g/mol. The summed E-state index contributed by atoms with van der Waals surface area (Å²) in [4.78, 5) is 22.0. The van der Waals surface area contributed by atoms with Crippen LogP contribution < -0.4 is 9.47 Å². The van der Waals surface area contributed by atoms with E-state index in [-0.39, 0.29) is 22.4 Å². The lowest BCUT2D eigenvalue weighted by Gasteiger charge is -2.16. The van der Waals surface area contributed by atoms with Crippen LogP contribution in [0.5, 0.6) is 11.5 Å². The fraction of sp³-hybridized carbons (Fsp3) is 0.333. The van der Waals surface area contributed by atoms with E-state index in [0.29, 0.717) is 0 Å². The zero-order valence-corrected chi connectivity index (χ0v) is 11.6. The molecule has 0 bridgehead atoms. The summed E-state index contributed by atoms with van der Waals surface area (Å²) in [5.74, 6) is -0.683. The Balaban J connectivity index is 3.24. The summed E-state index contributed by atoms with van der Waals surface area (Å²) < 4.78 is 9.96. The molecule has 1 aromatic carbocycles. The molecule has 18 heavy (non-hydrogen) atoms. The van der Waals surface area contributed by atoms with Crippen LogP contribution in [0.25, 0.3) is 0 Å². The molecule has 1 unspecified atom stereocenters. The van der Waals surface area contributed by atoms with E-state index in [4.69, 9.17) is 9.47 Å². The second kappa shape index (κ2) is 6.51. The quantitative estimate of drug-likeness (QED) is 0.522. The summed E-state index contributed by atoms with van der Waals surface area (Å²) in [5, 5.41) is 10.1. The highest BCUT2D eigenvalue weighted by Gasteiger charge is 2.20. The van der Waals surface area contributed by atoms with Gasteiger partial charge in [-0.25, -0.2) is 0 Å². The summed E-state index contributed by atoms with van der Waals surface area (Å²) in [6, 6.07) is 4.62. The summed E-state index contributed by atoms with van der Waals surface area (Å²) >= 11 is 3.12. The van der Waals surface area contributed by atoms with Crippen molar-refractivity contribution in [1.82, 2.24) is 0 Å². The molecule has 0 heterocycles. The maximum Gasteiger partial charge on any atom is 0.308 e. The molecule has 0 aliphatic rings. The van der Waals surface area contributed by atoms with Crippen molar-refractivity contribution in [2.75, 3.05) is 5.33 Å². The van der Waals surface area contributed by atoms with Crippen LogP contribution in [0.15, 0.2) is 18.2 Å². The van der Waals surface area contributed by atoms with Gasteiger partial charge in [-0.2, -0.15) is 0 Å². The number of rotatable bonds is 4. The normalized spacial score (nSPS) is 11.8. The van der Waals surface area contributed by atoms with Gasteiger partial charge in [-0.15, -0.1) is 0 Å². The summed E-state index contributed by atoms with van der Waals surface area (Å²) in [5.41, 5.74) is 0.264. The fourth-order valence-corrected chi connectivity index (χ4v) is 1.74. The Morgan fingerprint density at radius 3 is 2.00 bits per heavy atom. The van der Waals surface area contributed by atoms with Gasteiger partial charge < -0.3 is 14.6 Å². The second-order valence-electron chi connectivity index (χ2n) is 3.53. The molecular weight excluding hydrogens is 304 g/mol. The molecular formula is C12H13BrO5. The number of benzene rings is 1. The van der Waals surface area contributed by atoms with Crippen LogP contribution in [0.4, 0.5) is 0 Å². The highest BCUT2D eigenvalue weighted by molar-refractivity contribution is 9.09. The lowest BCUT2D eigenvalue weighted by atomic mass is 10.1. The Morgan fingerprint density at radius 1 is 1.22 bits per heavy atom. The molecule has 0 saturated heterocycles. The van der Waals surface area contributed by atoms with Crippen molar-refractivity contribution >= 4 is 27.9 Å². The third-order valence-electron chi connectivity index (χ3n) is 2.01. The van der Waals surface area contributed by atoms with Gasteiger partial charge in [-0.3, -0.25) is 9.59 Å². The maximum atomic E-state index is 11.0. The summed E-state index contributed by atoms with van der Waals surface area (Å²) in [7, 11) is 0. The Kier molecular flexibility index (Phi) is 5.30. The molecule has 0 aliphatic carbocycles. The van der Waals surface area contributed by atoms with Crippen molar-refractivity contribution in [1.29, 1.82) is 0 Å². The first-order valence-corrected chi connectivity index (χ1v) is 6.31. The molecule has 1 aromatic rings. The van der Waals surface area contributed by atoms with E-state index in [1.54, 1.807) is 6.07 Å². The van der Waals surface area contributed by atoms with Gasteiger partial charge in [0, 0.05) is 19.2 Å². The number of aliphatic hydroxyl groups excluding tert-OH is 1. The smallest absolute Gasteiger partial charge is 0.308 e. The average molecular weight is 317 g/mol. The Labute approximate surface area is 113 Å². The Hall–Kier alpha value is -1.40. The van der Waals surface area contributed by atoms with Crippen LogP contribution in [-0.4, -0.2) is 22.4 Å². The number of carbonyl (C=O) groups excluding carboxylic acids is 2. The van der Waals surface area contributed by atoms with Crippen molar-refractivity contribution in [2.24, 2.45) is 0 Å². The maximum absolute atomic E-state index is 11.0. The minimum absolute atomic E-state index is 0.174. The molecule has 0 spiro atoms.